The Kier molecular flexibility index (Phi) is 4.40. The van der Waals surface area contributed by atoms with E-state index in [4.69, 9.17) is 5.73 Å². The Bertz CT molecular complexity index is 556. The van der Waals surface area contributed by atoms with Crippen molar-refractivity contribution in [3.63, 3.8) is 0 Å². The maximum absolute atomic E-state index is 13.6. The lowest BCUT2D eigenvalue weighted by Gasteiger charge is -2.34. The number of hydrogen-bond donors (Lipinski definition) is 1. The predicted octanol–water partition coefficient (Wildman–Crippen LogP) is 1.94. The van der Waals surface area contributed by atoms with Crippen LogP contribution in [0, 0.1) is 23.0 Å². The summed E-state index contributed by atoms with van der Waals surface area (Å²) in [6.45, 7) is 2.91. The maximum atomic E-state index is 13.6. The molecule has 7 heteroatoms. The minimum absolute atomic E-state index is 0.0891. The fourth-order valence-corrected chi connectivity index (χ4v) is 2.72. The fourth-order valence-electron chi connectivity index (χ4n) is 2.72. The van der Waals surface area contributed by atoms with Crippen molar-refractivity contribution < 1.29 is 14.1 Å². The van der Waals surface area contributed by atoms with E-state index in [0.29, 0.717) is 31.5 Å². The summed E-state index contributed by atoms with van der Waals surface area (Å²) in [5.41, 5.74) is 6.55. The summed E-state index contributed by atoms with van der Waals surface area (Å²) in [5, 5.41) is 10.8. The molecule has 0 aromatic heterocycles. The third kappa shape index (κ3) is 3.29. The van der Waals surface area contributed by atoms with Gasteiger partial charge in [0.1, 0.15) is 0 Å². The third-order valence-electron chi connectivity index (χ3n) is 3.97. The molecule has 1 saturated heterocycles. The lowest BCUT2D eigenvalue weighted by molar-refractivity contribution is -0.385. The number of carbonyl (C=O) groups is 1. The molecule has 0 saturated carbocycles. The summed E-state index contributed by atoms with van der Waals surface area (Å²) < 4.78 is 13.6. The molecule has 0 unspecified atom stereocenters. The van der Waals surface area contributed by atoms with Crippen LogP contribution < -0.4 is 10.6 Å². The minimum atomic E-state index is -1.59. The van der Waals surface area contributed by atoms with Crippen LogP contribution in [0.1, 0.15) is 18.4 Å². The molecule has 114 valence electrons. The van der Waals surface area contributed by atoms with Crippen LogP contribution in [0.3, 0.4) is 0 Å². The Labute approximate surface area is 121 Å². The molecule has 1 aliphatic rings. The van der Waals surface area contributed by atoms with E-state index in [1.807, 2.05) is 4.90 Å². The Morgan fingerprint density at radius 2 is 2.10 bits per heavy atom. The van der Waals surface area contributed by atoms with Crippen molar-refractivity contribution >= 4 is 17.3 Å². The summed E-state index contributed by atoms with van der Waals surface area (Å²) in [4.78, 5) is 23.3. The van der Waals surface area contributed by atoms with Gasteiger partial charge in [-0.1, -0.05) is 0 Å². The Balaban J connectivity index is 2.04. The van der Waals surface area contributed by atoms with Crippen molar-refractivity contribution in [2.75, 3.05) is 18.0 Å². The maximum Gasteiger partial charge on any atom is 0.272 e. The Morgan fingerprint density at radius 1 is 1.48 bits per heavy atom. The molecule has 0 radical (unpaired) electrons. The number of amides is 1. The second-order valence-electron chi connectivity index (χ2n) is 5.36. The zero-order valence-electron chi connectivity index (χ0n) is 11.8. The van der Waals surface area contributed by atoms with Crippen LogP contribution in [-0.4, -0.2) is 30.1 Å². The number of nitrogens with two attached hydrogens (primary N) is 1. The monoisotopic (exact) mass is 295 g/mol. The molecule has 1 aromatic rings. The largest absolute Gasteiger partial charge is 0.371 e. The number of carbonyl (C=O) groups excluding carboxylic acids is 1. The van der Waals surface area contributed by atoms with Gasteiger partial charge in [-0.25, -0.2) is 4.39 Å². The second kappa shape index (κ2) is 6.07. The zero-order valence-corrected chi connectivity index (χ0v) is 11.8. The highest BCUT2D eigenvalue weighted by atomic mass is 19.1. The van der Waals surface area contributed by atoms with E-state index in [0.717, 1.165) is 5.69 Å². The SMILES string of the molecule is Cc1cc(N2CCC([C@@H](F)C(N)=O)CC2)ccc1[N+](=O)[O-]. The average Bonchev–Trinajstić information content (AvgIpc) is 2.46. The van der Waals surface area contributed by atoms with Gasteiger partial charge in [-0.15, -0.1) is 0 Å². The normalized spacial score (nSPS) is 17.5. The molecule has 1 fully saturated rings. The van der Waals surface area contributed by atoms with Crippen LogP contribution in [0.2, 0.25) is 0 Å². The van der Waals surface area contributed by atoms with Gasteiger partial charge in [0.05, 0.1) is 4.92 Å². The van der Waals surface area contributed by atoms with Gasteiger partial charge in [-0.3, -0.25) is 14.9 Å². The fraction of sp³-hybridized carbons (Fsp3) is 0.500. The summed E-state index contributed by atoms with van der Waals surface area (Å²) in [6, 6.07) is 4.95. The number of nitrogens with zero attached hydrogens (tertiary/aromatic N) is 2. The van der Waals surface area contributed by atoms with Gasteiger partial charge < -0.3 is 10.6 Å². The highest BCUT2D eigenvalue weighted by molar-refractivity contribution is 5.79. The van der Waals surface area contributed by atoms with Crippen LogP contribution in [0.25, 0.3) is 0 Å². The summed E-state index contributed by atoms with van der Waals surface area (Å²) >= 11 is 0. The number of primary amides is 1. The van der Waals surface area contributed by atoms with Gasteiger partial charge in [0.2, 0.25) is 0 Å². The van der Waals surface area contributed by atoms with Crippen LogP contribution in [0.4, 0.5) is 15.8 Å². The average molecular weight is 295 g/mol. The van der Waals surface area contributed by atoms with Gasteiger partial charge in [-0.05, 0) is 31.9 Å². The molecule has 2 rings (SSSR count). The van der Waals surface area contributed by atoms with Crippen molar-refractivity contribution in [2.24, 2.45) is 11.7 Å². The standard InChI is InChI=1S/C14H18FN3O3/c1-9-8-11(2-3-12(9)18(20)21)17-6-4-10(5-7-17)13(15)14(16)19/h2-3,8,10,13H,4-7H2,1H3,(H2,16,19)/t13-/m1/s1. The van der Waals surface area contributed by atoms with Crippen LogP contribution in [0.5, 0.6) is 0 Å². The molecule has 1 amide bonds. The number of aryl methyl sites for hydroxylation is 1. The van der Waals surface area contributed by atoms with Crippen molar-refractivity contribution in [2.45, 2.75) is 25.9 Å². The molecule has 0 aliphatic carbocycles. The number of halogens is 1. The molecule has 21 heavy (non-hydrogen) atoms. The number of nitro groups is 1. The lowest BCUT2D eigenvalue weighted by Crippen LogP contribution is -2.40. The van der Waals surface area contributed by atoms with E-state index in [2.05, 4.69) is 0 Å². The quantitative estimate of drug-likeness (QED) is 0.679. The van der Waals surface area contributed by atoms with Crippen molar-refractivity contribution in [3.8, 4) is 0 Å². The van der Waals surface area contributed by atoms with E-state index in [-0.39, 0.29) is 11.6 Å². The van der Waals surface area contributed by atoms with Gasteiger partial charge in [0.15, 0.2) is 6.17 Å². The first-order valence-corrected chi connectivity index (χ1v) is 6.83. The molecule has 0 spiro atoms. The smallest absolute Gasteiger partial charge is 0.272 e. The highest BCUT2D eigenvalue weighted by Gasteiger charge is 2.30. The molecule has 0 bridgehead atoms. The topological polar surface area (TPSA) is 89.5 Å². The van der Waals surface area contributed by atoms with Crippen LogP contribution in [-0.2, 0) is 4.79 Å². The van der Waals surface area contributed by atoms with E-state index in [9.17, 15) is 19.3 Å². The second-order valence-corrected chi connectivity index (χ2v) is 5.36. The van der Waals surface area contributed by atoms with E-state index >= 15 is 0 Å². The Hall–Kier alpha value is -2.18. The van der Waals surface area contributed by atoms with Gasteiger partial charge in [0.25, 0.3) is 11.6 Å². The lowest BCUT2D eigenvalue weighted by atomic mass is 9.91. The highest BCUT2D eigenvalue weighted by Crippen LogP contribution is 2.29. The van der Waals surface area contributed by atoms with E-state index < -0.39 is 17.0 Å². The summed E-state index contributed by atoms with van der Waals surface area (Å²) in [7, 11) is 0. The van der Waals surface area contributed by atoms with E-state index in [1.165, 1.54) is 6.07 Å². The Morgan fingerprint density at radius 3 is 2.57 bits per heavy atom. The molecule has 1 aliphatic heterocycles. The number of alkyl halides is 1. The van der Waals surface area contributed by atoms with Gasteiger partial charge in [-0.2, -0.15) is 0 Å². The number of hydrogen-bond acceptors (Lipinski definition) is 4. The molecule has 6 nitrogen and oxygen atoms in total. The third-order valence-corrected chi connectivity index (χ3v) is 3.97. The van der Waals surface area contributed by atoms with Gasteiger partial charge >= 0.3 is 0 Å². The molecule has 1 atom stereocenters. The number of anilines is 1. The van der Waals surface area contributed by atoms with Crippen molar-refractivity contribution in [1.82, 2.24) is 0 Å². The molecule has 2 N–H and O–H groups in total. The zero-order chi connectivity index (χ0) is 15.6. The minimum Gasteiger partial charge on any atom is -0.371 e. The molecular weight excluding hydrogens is 277 g/mol. The summed E-state index contributed by atoms with van der Waals surface area (Å²) in [5.74, 6) is -1.24. The summed E-state index contributed by atoms with van der Waals surface area (Å²) in [6.07, 6.45) is -0.508. The van der Waals surface area contributed by atoms with Gasteiger partial charge in [0, 0.05) is 36.3 Å². The van der Waals surface area contributed by atoms with Crippen molar-refractivity contribution in [1.29, 1.82) is 0 Å². The number of benzene rings is 1. The molecular formula is C14H18FN3O3. The van der Waals surface area contributed by atoms with Crippen LogP contribution in [0.15, 0.2) is 18.2 Å². The predicted molar refractivity (Wildman–Crippen MR) is 76.9 cm³/mol. The first-order chi connectivity index (χ1) is 9.90. The number of piperidine rings is 1. The first kappa shape index (κ1) is 15.2. The molecule has 1 heterocycles. The first-order valence-electron chi connectivity index (χ1n) is 6.83. The number of nitro benzene ring substituents is 1. The van der Waals surface area contributed by atoms with E-state index in [1.54, 1.807) is 19.1 Å². The molecule has 1 aromatic carbocycles. The van der Waals surface area contributed by atoms with Crippen molar-refractivity contribution in [3.05, 3.63) is 33.9 Å². The van der Waals surface area contributed by atoms with Crippen LogP contribution >= 0.6 is 0 Å². The number of rotatable bonds is 4.